The predicted octanol–water partition coefficient (Wildman–Crippen LogP) is 4.00. The highest BCUT2D eigenvalue weighted by molar-refractivity contribution is 4.81. The van der Waals surface area contributed by atoms with Crippen molar-refractivity contribution in [2.75, 3.05) is 0 Å². The summed E-state index contributed by atoms with van der Waals surface area (Å²) < 4.78 is 0. The van der Waals surface area contributed by atoms with Crippen LogP contribution in [0.1, 0.15) is 59.8 Å². The Balaban J connectivity index is 0.000000236. The van der Waals surface area contributed by atoms with E-state index in [0.717, 1.165) is 5.41 Å². The summed E-state index contributed by atoms with van der Waals surface area (Å²) in [5, 5.41) is 0. The van der Waals surface area contributed by atoms with Crippen LogP contribution in [0.5, 0.6) is 0 Å². The smallest absolute Gasteiger partial charge is 0.0328 e. The maximum Gasteiger partial charge on any atom is -0.0328 e. The second-order valence-electron chi connectivity index (χ2n) is 3.72. The monoisotopic (exact) mass is 142 g/mol. The van der Waals surface area contributed by atoms with E-state index in [9.17, 15) is 0 Å². The number of hydrogen-bond donors (Lipinski definition) is 0. The van der Waals surface area contributed by atoms with Crippen molar-refractivity contribution in [3.05, 3.63) is 0 Å². The van der Waals surface area contributed by atoms with Gasteiger partial charge >= 0.3 is 0 Å². The van der Waals surface area contributed by atoms with E-state index < -0.39 is 0 Å². The van der Waals surface area contributed by atoms with Crippen LogP contribution in [0.4, 0.5) is 0 Å². The van der Waals surface area contributed by atoms with E-state index in [4.69, 9.17) is 0 Å². The maximum atomic E-state index is 2.39. The van der Waals surface area contributed by atoms with Crippen molar-refractivity contribution in [2.45, 2.75) is 59.8 Å². The van der Waals surface area contributed by atoms with E-state index >= 15 is 0 Å². The highest BCUT2D eigenvalue weighted by atomic mass is 14.3. The first-order chi connectivity index (χ1) is 4.68. The van der Waals surface area contributed by atoms with E-state index in [1.54, 1.807) is 0 Å². The van der Waals surface area contributed by atoms with Gasteiger partial charge in [-0.25, -0.2) is 0 Å². The van der Waals surface area contributed by atoms with Crippen molar-refractivity contribution in [3.63, 3.8) is 0 Å². The van der Waals surface area contributed by atoms with E-state index in [2.05, 4.69) is 27.7 Å². The van der Waals surface area contributed by atoms with Gasteiger partial charge in [0.15, 0.2) is 0 Å². The number of hydrogen-bond acceptors (Lipinski definition) is 0. The zero-order valence-electron chi connectivity index (χ0n) is 8.04. The molecule has 1 aliphatic rings. The van der Waals surface area contributed by atoms with Gasteiger partial charge in [0.25, 0.3) is 0 Å². The van der Waals surface area contributed by atoms with Gasteiger partial charge in [0.1, 0.15) is 0 Å². The molecule has 0 bridgehead atoms. The molecule has 1 aliphatic carbocycles. The summed E-state index contributed by atoms with van der Waals surface area (Å²) in [5.41, 5.74) is 0.764. The Morgan fingerprint density at radius 3 is 1.50 bits per heavy atom. The van der Waals surface area contributed by atoms with Crippen molar-refractivity contribution in [1.29, 1.82) is 0 Å². The molecule has 0 radical (unpaired) electrons. The lowest BCUT2D eigenvalue weighted by atomic mass is 9.69. The molecule has 0 heteroatoms. The van der Waals surface area contributed by atoms with Gasteiger partial charge in [0.2, 0.25) is 0 Å². The molecule has 1 saturated carbocycles. The van der Waals surface area contributed by atoms with Gasteiger partial charge < -0.3 is 0 Å². The number of rotatable bonds is 1. The fraction of sp³-hybridized carbons (Fsp3) is 1.00. The normalized spacial score (nSPS) is 20.4. The van der Waals surface area contributed by atoms with Crippen LogP contribution in [-0.4, -0.2) is 0 Å². The molecule has 0 aromatic heterocycles. The van der Waals surface area contributed by atoms with Crippen LogP contribution in [0.15, 0.2) is 0 Å². The molecule has 0 heterocycles. The van der Waals surface area contributed by atoms with E-state index in [1.165, 1.54) is 32.1 Å². The lowest BCUT2D eigenvalue weighted by Gasteiger charge is -2.37. The zero-order chi connectivity index (χ0) is 8.04. The van der Waals surface area contributed by atoms with Gasteiger partial charge in [0.05, 0.1) is 0 Å². The van der Waals surface area contributed by atoms with Crippen molar-refractivity contribution in [2.24, 2.45) is 5.41 Å². The molecule has 0 aromatic carbocycles. The summed E-state index contributed by atoms with van der Waals surface area (Å²) in [4.78, 5) is 0. The van der Waals surface area contributed by atoms with Crippen LogP contribution < -0.4 is 0 Å². The average Bonchev–Trinajstić information content (AvgIpc) is 1.85. The third-order valence-electron chi connectivity index (χ3n) is 2.41. The predicted molar refractivity (Wildman–Crippen MR) is 48.2 cm³/mol. The molecule has 0 atom stereocenters. The summed E-state index contributed by atoms with van der Waals surface area (Å²) in [5.74, 6) is 0. The Bertz CT molecular complexity index is 64.6. The summed E-state index contributed by atoms with van der Waals surface area (Å²) >= 11 is 0. The quantitative estimate of drug-likeness (QED) is 0.519. The second-order valence-corrected chi connectivity index (χ2v) is 3.72. The molecule has 1 rings (SSSR count). The van der Waals surface area contributed by atoms with Crippen molar-refractivity contribution in [3.8, 4) is 0 Å². The topological polar surface area (TPSA) is 0 Å². The standard InChI is InChI=1S/C7H14.C3H8/c1-3-7(2)5-4-6-7;1-3-2/h3-6H2,1-2H3;3H2,1-2H3. The minimum absolute atomic E-state index is 0.764. The van der Waals surface area contributed by atoms with Crippen LogP contribution in [0.3, 0.4) is 0 Å². The largest absolute Gasteiger partial charge is 0.0656 e. The van der Waals surface area contributed by atoms with Crippen molar-refractivity contribution in [1.82, 2.24) is 0 Å². The zero-order valence-corrected chi connectivity index (χ0v) is 8.04. The summed E-state index contributed by atoms with van der Waals surface area (Å²) in [6, 6.07) is 0. The highest BCUT2D eigenvalue weighted by Gasteiger charge is 2.28. The first kappa shape index (κ1) is 10.0. The Kier molecular flexibility index (Phi) is 4.76. The van der Waals surface area contributed by atoms with E-state index in [1.807, 2.05) is 0 Å². The van der Waals surface area contributed by atoms with Gasteiger partial charge in [0, 0.05) is 0 Å². The second kappa shape index (κ2) is 4.76. The molecule has 0 N–H and O–H groups in total. The Morgan fingerprint density at radius 2 is 1.50 bits per heavy atom. The third kappa shape index (κ3) is 3.24. The van der Waals surface area contributed by atoms with Crippen LogP contribution >= 0.6 is 0 Å². The SMILES string of the molecule is CCC.CCC1(C)CCC1. The summed E-state index contributed by atoms with van der Waals surface area (Å²) in [6.45, 7) is 8.93. The molecule has 0 spiro atoms. The fourth-order valence-electron chi connectivity index (χ4n) is 1.13. The third-order valence-corrected chi connectivity index (χ3v) is 2.41. The molecule has 0 aliphatic heterocycles. The van der Waals surface area contributed by atoms with Gasteiger partial charge in [-0.2, -0.15) is 0 Å². The van der Waals surface area contributed by atoms with Crippen molar-refractivity contribution >= 4 is 0 Å². The first-order valence-electron chi connectivity index (χ1n) is 4.68. The van der Waals surface area contributed by atoms with Gasteiger partial charge in [-0.3, -0.25) is 0 Å². The van der Waals surface area contributed by atoms with E-state index in [-0.39, 0.29) is 0 Å². The van der Waals surface area contributed by atoms with Crippen LogP contribution in [0, 0.1) is 5.41 Å². The van der Waals surface area contributed by atoms with Gasteiger partial charge in [-0.1, -0.05) is 47.0 Å². The molecule has 0 amide bonds. The summed E-state index contributed by atoms with van der Waals surface area (Å²) in [7, 11) is 0. The van der Waals surface area contributed by atoms with Gasteiger partial charge in [-0.05, 0) is 18.3 Å². The van der Waals surface area contributed by atoms with Crippen molar-refractivity contribution < 1.29 is 0 Å². The maximum absolute atomic E-state index is 2.39. The molecule has 62 valence electrons. The Labute approximate surface area is 66.0 Å². The van der Waals surface area contributed by atoms with Crippen LogP contribution in [0.2, 0.25) is 0 Å². The molecular weight excluding hydrogens is 120 g/mol. The van der Waals surface area contributed by atoms with Crippen LogP contribution in [-0.2, 0) is 0 Å². The molecule has 0 saturated heterocycles. The fourth-order valence-corrected chi connectivity index (χ4v) is 1.13. The Morgan fingerprint density at radius 1 is 1.10 bits per heavy atom. The molecule has 0 unspecified atom stereocenters. The highest BCUT2D eigenvalue weighted by Crippen LogP contribution is 2.42. The van der Waals surface area contributed by atoms with Crippen LogP contribution in [0.25, 0.3) is 0 Å². The molecule has 10 heavy (non-hydrogen) atoms. The Hall–Kier alpha value is 0. The lowest BCUT2D eigenvalue weighted by molar-refractivity contribution is 0.155. The summed E-state index contributed by atoms with van der Waals surface area (Å²) in [6.07, 6.45) is 7.06. The van der Waals surface area contributed by atoms with E-state index in [0.29, 0.717) is 0 Å². The molecule has 0 aromatic rings. The minimum atomic E-state index is 0.764. The molecular formula is C10H22. The molecule has 1 fully saturated rings. The lowest BCUT2D eigenvalue weighted by Crippen LogP contribution is -2.23. The average molecular weight is 142 g/mol. The van der Waals surface area contributed by atoms with Gasteiger partial charge in [-0.15, -0.1) is 0 Å². The minimum Gasteiger partial charge on any atom is -0.0656 e. The molecule has 0 nitrogen and oxygen atoms in total. The first-order valence-corrected chi connectivity index (χ1v) is 4.68.